The molecule has 3 atom stereocenters. The molecule has 9 nitrogen and oxygen atoms in total. The van der Waals surface area contributed by atoms with Crippen LogP contribution in [0, 0.1) is 18.8 Å². The molecule has 0 saturated carbocycles. The number of carbonyl (C=O) groups excluding carboxylic acids is 2. The first kappa shape index (κ1) is 29.5. The van der Waals surface area contributed by atoms with Crippen LogP contribution in [0.4, 0.5) is 5.69 Å². The zero-order chi connectivity index (χ0) is 28.9. The van der Waals surface area contributed by atoms with Crippen molar-refractivity contribution in [2.75, 3.05) is 58.0 Å². The van der Waals surface area contributed by atoms with Crippen LogP contribution in [0.5, 0.6) is 0 Å². The lowest BCUT2D eigenvalue weighted by atomic mass is 9.84. The maximum absolute atomic E-state index is 13.7. The van der Waals surface area contributed by atoms with E-state index in [1.165, 1.54) is 0 Å². The molecule has 3 saturated heterocycles. The fourth-order valence-corrected chi connectivity index (χ4v) is 6.40. The van der Waals surface area contributed by atoms with E-state index >= 15 is 0 Å². The number of ether oxygens (including phenoxy) is 2. The van der Waals surface area contributed by atoms with Crippen molar-refractivity contribution in [3.63, 3.8) is 0 Å². The molecule has 0 aliphatic carbocycles. The van der Waals surface area contributed by atoms with Crippen molar-refractivity contribution in [3.8, 4) is 11.1 Å². The highest BCUT2D eigenvalue weighted by atomic mass is 16.5. The Bertz CT molecular complexity index is 1210. The summed E-state index contributed by atoms with van der Waals surface area (Å²) in [4.78, 5) is 35.8. The third kappa shape index (κ3) is 7.08. The number of amides is 2. The van der Waals surface area contributed by atoms with Gasteiger partial charge in [-0.05, 0) is 68.4 Å². The Kier molecular flexibility index (Phi) is 9.57. The fraction of sp³-hybridized carbons (Fsp3) is 0.594. The summed E-state index contributed by atoms with van der Waals surface area (Å²) in [7, 11) is 2.11. The molecule has 222 valence electrons. The van der Waals surface area contributed by atoms with Gasteiger partial charge in [0.25, 0.3) is 5.91 Å². The Balaban J connectivity index is 1.40. The minimum absolute atomic E-state index is 0.0187. The molecule has 0 bridgehead atoms. The number of piperidine rings is 1. The molecule has 2 N–H and O–H groups in total. The average molecular weight is 564 g/mol. The van der Waals surface area contributed by atoms with E-state index < -0.39 is 0 Å². The van der Waals surface area contributed by atoms with Crippen molar-refractivity contribution < 1.29 is 19.1 Å². The number of morpholine rings is 1. The SMILES string of the molecule is Cc1c(C(=O)NCC2C(=O)NC(C)CC2C)cc(-c2ccc(CN3CCOCC3)nc2)cc1N(C)C1CCOCC1. The molecular weight excluding hydrogens is 518 g/mol. The second-order valence-corrected chi connectivity index (χ2v) is 12.0. The molecular formula is C32H45N5O4. The summed E-state index contributed by atoms with van der Waals surface area (Å²) >= 11 is 0. The molecule has 1 aromatic heterocycles. The number of benzene rings is 1. The number of nitrogens with zero attached hydrogens (tertiary/aromatic N) is 3. The zero-order valence-electron chi connectivity index (χ0n) is 24.9. The highest BCUT2D eigenvalue weighted by Crippen LogP contribution is 2.33. The van der Waals surface area contributed by atoms with Crippen LogP contribution in [0.1, 0.15) is 54.7 Å². The quantitative estimate of drug-likeness (QED) is 0.508. The second-order valence-electron chi connectivity index (χ2n) is 12.0. The summed E-state index contributed by atoms with van der Waals surface area (Å²) in [6.45, 7) is 12.1. The third-order valence-corrected chi connectivity index (χ3v) is 9.01. The topological polar surface area (TPSA) is 96.0 Å². The number of rotatable bonds is 8. The van der Waals surface area contributed by atoms with Gasteiger partial charge in [0, 0.05) is 81.5 Å². The summed E-state index contributed by atoms with van der Waals surface area (Å²) in [5.74, 6) is -0.151. The summed E-state index contributed by atoms with van der Waals surface area (Å²) < 4.78 is 11.1. The van der Waals surface area contributed by atoms with Gasteiger partial charge < -0.3 is 25.0 Å². The number of hydrogen-bond donors (Lipinski definition) is 2. The number of nitrogens with one attached hydrogen (secondary N) is 2. The Labute approximate surface area is 244 Å². The van der Waals surface area contributed by atoms with E-state index in [0.717, 1.165) is 93.4 Å². The molecule has 3 unspecified atom stereocenters. The highest BCUT2D eigenvalue weighted by Gasteiger charge is 2.32. The molecule has 0 radical (unpaired) electrons. The summed E-state index contributed by atoms with van der Waals surface area (Å²) in [5.41, 5.74) is 5.56. The van der Waals surface area contributed by atoms with Crippen LogP contribution in [0.2, 0.25) is 0 Å². The first-order chi connectivity index (χ1) is 19.8. The van der Waals surface area contributed by atoms with Crippen molar-refractivity contribution in [3.05, 3.63) is 47.3 Å². The Morgan fingerprint density at radius 2 is 1.83 bits per heavy atom. The molecule has 1 aromatic carbocycles. The number of carbonyl (C=O) groups is 2. The van der Waals surface area contributed by atoms with E-state index in [1.807, 2.05) is 26.1 Å². The normalized spacial score (nSPS) is 24.1. The average Bonchev–Trinajstić information content (AvgIpc) is 2.97. The second kappa shape index (κ2) is 13.3. The zero-order valence-corrected chi connectivity index (χ0v) is 24.9. The molecule has 3 aliphatic heterocycles. The lowest BCUT2D eigenvalue weighted by Crippen LogP contribution is -2.50. The molecule has 9 heteroatoms. The van der Waals surface area contributed by atoms with Crippen LogP contribution >= 0.6 is 0 Å². The van der Waals surface area contributed by atoms with Gasteiger partial charge in [-0.1, -0.05) is 13.0 Å². The van der Waals surface area contributed by atoms with Crippen LogP contribution in [-0.4, -0.2) is 86.9 Å². The van der Waals surface area contributed by atoms with Gasteiger partial charge in [0.15, 0.2) is 0 Å². The molecule has 2 aromatic rings. The lowest BCUT2D eigenvalue weighted by molar-refractivity contribution is -0.129. The van der Waals surface area contributed by atoms with Gasteiger partial charge in [0.2, 0.25) is 5.91 Å². The smallest absolute Gasteiger partial charge is 0.251 e. The molecule has 41 heavy (non-hydrogen) atoms. The molecule has 5 rings (SSSR count). The predicted octanol–water partition coefficient (Wildman–Crippen LogP) is 3.39. The van der Waals surface area contributed by atoms with E-state index in [1.54, 1.807) is 0 Å². The minimum Gasteiger partial charge on any atom is -0.381 e. The van der Waals surface area contributed by atoms with Crippen molar-refractivity contribution in [2.45, 2.75) is 58.7 Å². The molecule has 0 spiro atoms. The van der Waals surface area contributed by atoms with E-state index in [-0.39, 0.29) is 29.7 Å². The number of pyridine rings is 1. The van der Waals surface area contributed by atoms with E-state index in [2.05, 4.69) is 52.6 Å². The molecule has 3 aliphatic rings. The van der Waals surface area contributed by atoms with Crippen LogP contribution in [0.25, 0.3) is 11.1 Å². The fourth-order valence-electron chi connectivity index (χ4n) is 6.40. The van der Waals surface area contributed by atoms with Gasteiger partial charge in [0.1, 0.15) is 0 Å². The minimum atomic E-state index is -0.230. The van der Waals surface area contributed by atoms with E-state index in [9.17, 15) is 9.59 Å². The Hall–Kier alpha value is -3.01. The molecule has 3 fully saturated rings. The first-order valence-corrected chi connectivity index (χ1v) is 15.1. The van der Waals surface area contributed by atoms with Crippen LogP contribution in [0.15, 0.2) is 30.5 Å². The van der Waals surface area contributed by atoms with E-state index in [0.29, 0.717) is 18.2 Å². The van der Waals surface area contributed by atoms with E-state index in [4.69, 9.17) is 14.5 Å². The van der Waals surface area contributed by atoms with Crippen LogP contribution < -0.4 is 15.5 Å². The van der Waals surface area contributed by atoms with Gasteiger partial charge in [-0.3, -0.25) is 19.5 Å². The largest absolute Gasteiger partial charge is 0.381 e. The number of anilines is 1. The standard InChI is InChI=1S/C32H45N5O4/c1-21-15-22(2)35-32(39)29(21)19-34-31(38)28-16-25(17-30(23(28)3)36(4)27-7-11-40-12-8-27)24-5-6-26(33-18-24)20-37-9-13-41-14-10-37/h5-6,16-18,21-22,27,29H,7-15,19-20H2,1-4H3,(H,34,38)(H,35,39). The maximum Gasteiger partial charge on any atom is 0.251 e. The van der Waals surface area contributed by atoms with Crippen LogP contribution in [0.3, 0.4) is 0 Å². The van der Waals surface area contributed by atoms with Gasteiger partial charge >= 0.3 is 0 Å². The van der Waals surface area contributed by atoms with Crippen molar-refractivity contribution in [1.29, 1.82) is 0 Å². The summed E-state index contributed by atoms with van der Waals surface area (Å²) in [6, 6.07) is 8.84. The van der Waals surface area contributed by atoms with Gasteiger partial charge in [-0.15, -0.1) is 0 Å². The van der Waals surface area contributed by atoms with Gasteiger partial charge in [-0.2, -0.15) is 0 Å². The van der Waals surface area contributed by atoms with Crippen molar-refractivity contribution in [2.24, 2.45) is 11.8 Å². The van der Waals surface area contributed by atoms with Gasteiger partial charge in [-0.25, -0.2) is 0 Å². The summed E-state index contributed by atoms with van der Waals surface area (Å²) in [6.07, 6.45) is 4.73. The third-order valence-electron chi connectivity index (χ3n) is 9.01. The Morgan fingerprint density at radius 3 is 2.51 bits per heavy atom. The predicted molar refractivity (Wildman–Crippen MR) is 160 cm³/mol. The Morgan fingerprint density at radius 1 is 1.10 bits per heavy atom. The number of aromatic nitrogens is 1. The van der Waals surface area contributed by atoms with Crippen molar-refractivity contribution >= 4 is 17.5 Å². The van der Waals surface area contributed by atoms with Crippen molar-refractivity contribution in [1.82, 2.24) is 20.5 Å². The first-order valence-electron chi connectivity index (χ1n) is 15.1. The number of hydrogen-bond acceptors (Lipinski definition) is 7. The monoisotopic (exact) mass is 563 g/mol. The molecule has 2 amide bonds. The highest BCUT2D eigenvalue weighted by molar-refractivity contribution is 5.99. The lowest BCUT2D eigenvalue weighted by Gasteiger charge is -2.35. The van der Waals surface area contributed by atoms with Gasteiger partial charge in [0.05, 0.1) is 24.8 Å². The maximum atomic E-state index is 13.7. The molecule has 4 heterocycles. The van der Waals surface area contributed by atoms with Crippen LogP contribution in [-0.2, 0) is 20.8 Å². The summed E-state index contributed by atoms with van der Waals surface area (Å²) in [5, 5.41) is 6.13.